The van der Waals surface area contributed by atoms with E-state index in [0.29, 0.717) is 60.3 Å². The molecule has 1 N–H and O–H groups in total. The van der Waals surface area contributed by atoms with Crippen molar-refractivity contribution < 1.29 is 23.5 Å². The molecule has 0 spiro atoms. The van der Waals surface area contributed by atoms with E-state index in [9.17, 15) is 14.4 Å². The lowest BCUT2D eigenvalue weighted by Gasteiger charge is -2.42. The summed E-state index contributed by atoms with van der Waals surface area (Å²) in [7, 11) is 0. The van der Waals surface area contributed by atoms with E-state index in [2.05, 4.69) is 10.2 Å². The smallest absolute Gasteiger partial charge is 0.338 e. The van der Waals surface area contributed by atoms with Crippen LogP contribution in [0.15, 0.2) is 52.3 Å². The topological polar surface area (TPSA) is 95.3 Å². The molecule has 1 aromatic heterocycles. The standard InChI is InChI=1S/C26H30Cl2N4O5/c1-4-31-19(15-30-11-12-32(16(3)14-30)24(33)20-10-7-13-37-20)21(25(34)36-5-2)23(29-26(31)35)17-8-6-9-18(27)22(17)28/h6-10,13,16,23H,4-5,11-12,14-15H2,1-3H3,(H,29,35)/t16-,23-/m1/s1. The molecule has 2 aliphatic heterocycles. The van der Waals surface area contributed by atoms with Gasteiger partial charge < -0.3 is 19.4 Å². The van der Waals surface area contributed by atoms with Gasteiger partial charge in [0.15, 0.2) is 5.76 Å². The first kappa shape index (κ1) is 27.0. The fourth-order valence-corrected chi connectivity index (χ4v) is 5.28. The number of hydrogen-bond donors (Lipinski definition) is 1. The SMILES string of the molecule is CCOC(=O)C1=C(CN2CCN(C(=O)c3ccco3)[C@H](C)C2)N(CC)C(=O)N[C@@H]1c1cccc(Cl)c1Cl. The summed E-state index contributed by atoms with van der Waals surface area (Å²) in [6, 6.07) is 7.17. The van der Waals surface area contributed by atoms with Crippen LogP contribution < -0.4 is 5.32 Å². The summed E-state index contributed by atoms with van der Waals surface area (Å²) in [6.45, 7) is 7.97. The number of ether oxygens (including phenoxy) is 1. The Labute approximate surface area is 225 Å². The van der Waals surface area contributed by atoms with Crippen LogP contribution in [0.2, 0.25) is 10.0 Å². The Kier molecular flexibility index (Phi) is 8.46. The summed E-state index contributed by atoms with van der Waals surface area (Å²) in [4.78, 5) is 44.8. The summed E-state index contributed by atoms with van der Waals surface area (Å²) < 4.78 is 10.7. The molecule has 198 valence electrons. The van der Waals surface area contributed by atoms with Crippen LogP contribution in [0.25, 0.3) is 0 Å². The van der Waals surface area contributed by atoms with Gasteiger partial charge in [-0.15, -0.1) is 0 Å². The monoisotopic (exact) mass is 548 g/mol. The molecule has 11 heteroatoms. The number of carbonyl (C=O) groups excluding carboxylic acids is 3. The zero-order valence-electron chi connectivity index (χ0n) is 21.0. The van der Waals surface area contributed by atoms with Crippen molar-refractivity contribution in [1.82, 2.24) is 20.0 Å². The molecular weight excluding hydrogens is 519 g/mol. The first-order chi connectivity index (χ1) is 17.8. The minimum atomic E-state index is -0.824. The zero-order chi connectivity index (χ0) is 26.7. The van der Waals surface area contributed by atoms with Gasteiger partial charge in [0, 0.05) is 44.5 Å². The van der Waals surface area contributed by atoms with E-state index in [1.807, 2.05) is 13.8 Å². The molecule has 0 radical (unpaired) electrons. The van der Waals surface area contributed by atoms with Gasteiger partial charge in [0.25, 0.3) is 5.91 Å². The highest BCUT2D eigenvalue weighted by atomic mass is 35.5. The van der Waals surface area contributed by atoms with Crippen molar-refractivity contribution in [2.75, 3.05) is 39.3 Å². The summed E-state index contributed by atoms with van der Waals surface area (Å²) in [5.74, 6) is -0.391. The van der Waals surface area contributed by atoms with Crippen LogP contribution in [0, 0.1) is 0 Å². The lowest BCUT2D eigenvalue weighted by atomic mass is 9.93. The predicted molar refractivity (Wildman–Crippen MR) is 139 cm³/mol. The van der Waals surface area contributed by atoms with Crippen LogP contribution in [0.1, 0.15) is 42.9 Å². The molecule has 0 unspecified atom stereocenters. The van der Waals surface area contributed by atoms with Crippen molar-refractivity contribution in [3.8, 4) is 0 Å². The number of hydrogen-bond acceptors (Lipinski definition) is 6. The second kappa shape index (κ2) is 11.6. The number of carbonyl (C=O) groups is 3. The van der Waals surface area contributed by atoms with E-state index in [1.54, 1.807) is 47.1 Å². The first-order valence-corrected chi connectivity index (χ1v) is 13.0. The van der Waals surface area contributed by atoms with E-state index in [-0.39, 0.29) is 29.6 Å². The van der Waals surface area contributed by atoms with Gasteiger partial charge in [-0.05, 0) is 44.5 Å². The zero-order valence-corrected chi connectivity index (χ0v) is 22.5. The number of piperazine rings is 1. The highest BCUT2D eigenvalue weighted by molar-refractivity contribution is 6.42. The molecule has 3 heterocycles. The molecule has 4 rings (SSSR count). The molecule has 2 aromatic rings. The third-order valence-electron chi connectivity index (χ3n) is 6.62. The Morgan fingerprint density at radius 1 is 1.16 bits per heavy atom. The Balaban J connectivity index is 1.67. The summed E-state index contributed by atoms with van der Waals surface area (Å²) in [6.07, 6.45) is 1.48. The van der Waals surface area contributed by atoms with Crippen molar-refractivity contribution in [1.29, 1.82) is 0 Å². The van der Waals surface area contributed by atoms with Crippen LogP contribution in [-0.2, 0) is 9.53 Å². The largest absolute Gasteiger partial charge is 0.463 e. The number of benzene rings is 1. The van der Waals surface area contributed by atoms with Crippen LogP contribution in [0.4, 0.5) is 4.79 Å². The molecular formula is C26H30Cl2N4O5. The first-order valence-electron chi connectivity index (χ1n) is 12.3. The minimum Gasteiger partial charge on any atom is -0.463 e. The number of furan rings is 1. The number of rotatable bonds is 7. The fraction of sp³-hybridized carbons (Fsp3) is 0.423. The molecule has 37 heavy (non-hydrogen) atoms. The average Bonchev–Trinajstić information content (AvgIpc) is 3.40. The molecule has 0 aliphatic carbocycles. The van der Waals surface area contributed by atoms with Crippen LogP contribution in [-0.4, -0.2) is 78.0 Å². The second-order valence-electron chi connectivity index (χ2n) is 8.91. The van der Waals surface area contributed by atoms with E-state index < -0.39 is 12.0 Å². The summed E-state index contributed by atoms with van der Waals surface area (Å²) >= 11 is 12.8. The van der Waals surface area contributed by atoms with Crippen LogP contribution >= 0.6 is 23.2 Å². The molecule has 9 nitrogen and oxygen atoms in total. The van der Waals surface area contributed by atoms with Gasteiger partial charge in [0.05, 0.1) is 34.5 Å². The Bertz CT molecular complexity index is 1200. The van der Waals surface area contributed by atoms with Gasteiger partial charge in [-0.2, -0.15) is 0 Å². The third kappa shape index (κ3) is 5.49. The number of esters is 1. The van der Waals surface area contributed by atoms with Crippen molar-refractivity contribution in [2.45, 2.75) is 32.9 Å². The highest BCUT2D eigenvalue weighted by Gasteiger charge is 2.40. The Morgan fingerprint density at radius 3 is 2.59 bits per heavy atom. The number of likely N-dealkylation sites (N-methyl/N-ethyl adjacent to an activating group) is 1. The van der Waals surface area contributed by atoms with Crippen LogP contribution in [0.5, 0.6) is 0 Å². The van der Waals surface area contributed by atoms with Crippen molar-refractivity contribution >= 4 is 41.1 Å². The van der Waals surface area contributed by atoms with Gasteiger partial charge in [-0.1, -0.05) is 35.3 Å². The number of nitrogens with one attached hydrogen (secondary N) is 1. The number of nitrogens with zero attached hydrogens (tertiary/aromatic N) is 3. The summed E-state index contributed by atoms with van der Waals surface area (Å²) in [5.41, 5.74) is 1.37. The molecule has 2 atom stereocenters. The maximum Gasteiger partial charge on any atom is 0.338 e. The molecule has 0 saturated carbocycles. The predicted octanol–water partition coefficient (Wildman–Crippen LogP) is 4.34. The second-order valence-corrected chi connectivity index (χ2v) is 9.70. The number of halogens is 2. The molecule has 0 bridgehead atoms. The van der Waals surface area contributed by atoms with Gasteiger partial charge in [-0.25, -0.2) is 9.59 Å². The normalized spacial score (nSPS) is 20.7. The van der Waals surface area contributed by atoms with Crippen LogP contribution in [0.3, 0.4) is 0 Å². The average molecular weight is 549 g/mol. The quantitative estimate of drug-likeness (QED) is 0.517. The van der Waals surface area contributed by atoms with Gasteiger partial charge in [0.1, 0.15) is 0 Å². The summed E-state index contributed by atoms with van der Waals surface area (Å²) in [5, 5.41) is 3.49. The van der Waals surface area contributed by atoms with E-state index in [1.165, 1.54) is 6.26 Å². The van der Waals surface area contributed by atoms with Gasteiger partial charge in [-0.3, -0.25) is 14.6 Å². The molecule has 2 aliphatic rings. The fourth-order valence-electron chi connectivity index (χ4n) is 4.87. The Hall–Kier alpha value is -3.01. The van der Waals surface area contributed by atoms with Gasteiger partial charge >= 0.3 is 12.0 Å². The van der Waals surface area contributed by atoms with Gasteiger partial charge in [0.2, 0.25) is 0 Å². The third-order valence-corrected chi connectivity index (χ3v) is 7.45. The molecule has 3 amide bonds. The maximum absolute atomic E-state index is 13.3. The molecule has 1 aromatic carbocycles. The highest BCUT2D eigenvalue weighted by Crippen LogP contribution is 2.38. The number of urea groups is 1. The van der Waals surface area contributed by atoms with Crippen molar-refractivity contribution in [2.24, 2.45) is 0 Å². The lowest BCUT2D eigenvalue weighted by molar-refractivity contribution is -0.139. The maximum atomic E-state index is 13.3. The number of amides is 3. The van der Waals surface area contributed by atoms with Crippen molar-refractivity contribution in [3.63, 3.8) is 0 Å². The molecule has 1 saturated heterocycles. The minimum absolute atomic E-state index is 0.108. The van der Waals surface area contributed by atoms with E-state index >= 15 is 0 Å². The van der Waals surface area contributed by atoms with E-state index in [0.717, 1.165) is 0 Å². The lowest BCUT2D eigenvalue weighted by Crippen LogP contribution is -2.56. The molecule has 1 fully saturated rings. The van der Waals surface area contributed by atoms with Crippen molar-refractivity contribution in [3.05, 3.63) is 69.2 Å². The Morgan fingerprint density at radius 2 is 1.95 bits per heavy atom. The van der Waals surface area contributed by atoms with E-state index in [4.69, 9.17) is 32.4 Å².